The van der Waals surface area contributed by atoms with Crippen molar-refractivity contribution in [2.24, 2.45) is 0 Å². The molecule has 124 valence electrons. The predicted molar refractivity (Wildman–Crippen MR) is 90.9 cm³/mol. The Balaban J connectivity index is 1.48. The van der Waals surface area contributed by atoms with Gasteiger partial charge in [-0.05, 0) is 24.6 Å². The molecule has 0 N–H and O–H groups in total. The molecule has 0 aliphatic carbocycles. The van der Waals surface area contributed by atoms with Crippen LogP contribution < -0.4 is 0 Å². The van der Waals surface area contributed by atoms with Gasteiger partial charge in [-0.2, -0.15) is 5.10 Å². The second kappa shape index (κ2) is 7.86. The van der Waals surface area contributed by atoms with E-state index in [4.69, 9.17) is 4.74 Å². The maximum absolute atomic E-state index is 12.3. The van der Waals surface area contributed by atoms with E-state index in [9.17, 15) is 4.21 Å². The van der Waals surface area contributed by atoms with Gasteiger partial charge in [-0.25, -0.2) is 0 Å². The van der Waals surface area contributed by atoms with Crippen LogP contribution >= 0.6 is 0 Å². The third kappa shape index (κ3) is 4.73. The van der Waals surface area contributed by atoms with E-state index in [0.717, 1.165) is 43.2 Å². The summed E-state index contributed by atoms with van der Waals surface area (Å²) in [6.45, 7) is 6.14. The summed E-state index contributed by atoms with van der Waals surface area (Å²) in [7, 11) is -0.931. The summed E-state index contributed by atoms with van der Waals surface area (Å²) in [5, 5.41) is 4.32. The maximum atomic E-state index is 12.3. The Bertz CT molecular complexity index is 644. The zero-order chi connectivity index (χ0) is 16.1. The number of ether oxygens (including phenoxy) is 1. The van der Waals surface area contributed by atoms with Gasteiger partial charge in [0.25, 0.3) is 0 Å². The van der Waals surface area contributed by atoms with Crippen LogP contribution in [-0.2, 0) is 22.1 Å². The fraction of sp³-hybridized carbons (Fsp3) is 0.471. The van der Waals surface area contributed by atoms with E-state index >= 15 is 0 Å². The van der Waals surface area contributed by atoms with Gasteiger partial charge in [0.05, 0.1) is 36.3 Å². The lowest BCUT2D eigenvalue weighted by Gasteiger charge is -2.32. The molecule has 6 heteroatoms. The first kappa shape index (κ1) is 16.4. The number of morpholine rings is 1. The van der Waals surface area contributed by atoms with Gasteiger partial charge in [0.1, 0.15) is 0 Å². The molecule has 0 amide bonds. The van der Waals surface area contributed by atoms with Gasteiger partial charge in [-0.15, -0.1) is 0 Å². The van der Waals surface area contributed by atoms with Crippen molar-refractivity contribution in [2.75, 3.05) is 32.0 Å². The quantitative estimate of drug-likeness (QED) is 0.807. The molecular formula is C17H23N3O2S. The van der Waals surface area contributed by atoms with Crippen LogP contribution in [0.3, 0.4) is 0 Å². The first-order chi connectivity index (χ1) is 11.2. The molecule has 0 saturated carbocycles. The standard InChI is InChI=1S/C17H23N3O2S/c1-15-11-18-20(12-15)14-16-13-19(7-9-22-16)8-10-23(21)17-5-3-2-4-6-17/h2-6,11-12,16H,7-10,13-14H2,1H3/t16-,23+/m0/s1. The number of nitrogens with zero attached hydrogens (tertiary/aromatic N) is 3. The molecule has 2 aromatic rings. The van der Waals surface area contributed by atoms with Crippen LogP contribution in [0, 0.1) is 6.92 Å². The van der Waals surface area contributed by atoms with Crippen LogP contribution in [0.2, 0.25) is 0 Å². The van der Waals surface area contributed by atoms with Crippen molar-refractivity contribution in [3.8, 4) is 0 Å². The maximum Gasteiger partial charge on any atom is 0.0898 e. The molecule has 1 aliphatic heterocycles. The molecule has 2 atom stereocenters. The second-order valence-corrected chi connectivity index (χ2v) is 7.47. The van der Waals surface area contributed by atoms with Crippen molar-refractivity contribution in [1.29, 1.82) is 0 Å². The van der Waals surface area contributed by atoms with Crippen molar-refractivity contribution in [3.05, 3.63) is 48.3 Å². The number of aryl methyl sites for hydroxylation is 1. The van der Waals surface area contributed by atoms with E-state index in [1.165, 1.54) is 0 Å². The summed E-state index contributed by atoms with van der Waals surface area (Å²) >= 11 is 0. The van der Waals surface area contributed by atoms with Crippen LogP contribution in [0.4, 0.5) is 0 Å². The Morgan fingerprint density at radius 1 is 1.35 bits per heavy atom. The van der Waals surface area contributed by atoms with E-state index in [1.807, 2.05) is 54.3 Å². The molecule has 3 rings (SSSR count). The van der Waals surface area contributed by atoms with Gasteiger partial charge in [0.15, 0.2) is 0 Å². The van der Waals surface area contributed by atoms with E-state index < -0.39 is 10.8 Å². The van der Waals surface area contributed by atoms with Crippen molar-refractivity contribution in [1.82, 2.24) is 14.7 Å². The molecule has 0 bridgehead atoms. The highest BCUT2D eigenvalue weighted by Gasteiger charge is 2.21. The lowest BCUT2D eigenvalue weighted by Crippen LogP contribution is -2.45. The lowest BCUT2D eigenvalue weighted by atomic mass is 10.2. The van der Waals surface area contributed by atoms with Crippen LogP contribution in [0.15, 0.2) is 47.6 Å². The molecule has 23 heavy (non-hydrogen) atoms. The molecule has 0 radical (unpaired) electrons. The van der Waals surface area contributed by atoms with Gasteiger partial charge >= 0.3 is 0 Å². The Labute approximate surface area is 139 Å². The minimum absolute atomic E-state index is 0.146. The number of hydrogen-bond donors (Lipinski definition) is 0. The van der Waals surface area contributed by atoms with Crippen LogP contribution in [0.5, 0.6) is 0 Å². The smallest absolute Gasteiger partial charge is 0.0898 e. The topological polar surface area (TPSA) is 47.4 Å². The second-order valence-electron chi connectivity index (χ2n) is 5.90. The predicted octanol–water partition coefficient (Wildman–Crippen LogP) is 1.70. The average molecular weight is 333 g/mol. The Hall–Kier alpha value is -1.50. The van der Waals surface area contributed by atoms with E-state index in [2.05, 4.69) is 10.00 Å². The zero-order valence-electron chi connectivity index (χ0n) is 13.4. The SMILES string of the molecule is Cc1cnn(C[C@@H]2CN(CC[S@@](=O)c3ccccc3)CCO2)c1. The normalized spacial score (nSPS) is 20.5. The summed E-state index contributed by atoms with van der Waals surface area (Å²) in [4.78, 5) is 3.25. The van der Waals surface area contributed by atoms with Crippen molar-refractivity contribution >= 4 is 10.8 Å². The summed E-state index contributed by atoms with van der Waals surface area (Å²) in [5.74, 6) is 0.664. The largest absolute Gasteiger partial charge is 0.374 e. The summed E-state index contributed by atoms with van der Waals surface area (Å²) < 4.78 is 20.1. The highest BCUT2D eigenvalue weighted by atomic mass is 32.2. The molecule has 1 aromatic heterocycles. The Morgan fingerprint density at radius 2 is 2.17 bits per heavy atom. The van der Waals surface area contributed by atoms with Gasteiger partial charge in [0.2, 0.25) is 0 Å². The molecule has 1 aliphatic rings. The third-order valence-electron chi connectivity index (χ3n) is 3.97. The van der Waals surface area contributed by atoms with Crippen molar-refractivity contribution in [3.63, 3.8) is 0 Å². The van der Waals surface area contributed by atoms with Crippen molar-refractivity contribution < 1.29 is 8.95 Å². The minimum Gasteiger partial charge on any atom is -0.374 e. The van der Waals surface area contributed by atoms with Gasteiger partial charge in [0, 0.05) is 36.5 Å². The molecular weight excluding hydrogens is 310 g/mol. The average Bonchev–Trinajstić information content (AvgIpc) is 2.99. The van der Waals surface area contributed by atoms with Crippen LogP contribution in [0.25, 0.3) is 0 Å². The van der Waals surface area contributed by atoms with Gasteiger partial charge in [-0.1, -0.05) is 18.2 Å². The molecule has 0 spiro atoms. The number of rotatable bonds is 6. The van der Waals surface area contributed by atoms with E-state index in [1.54, 1.807) is 0 Å². The molecule has 1 aromatic carbocycles. The van der Waals surface area contributed by atoms with Crippen LogP contribution in [0.1, 0.15) is 5.56 Å². The third-order valence-corrected chi connectivity index (χ3v) is 5.33. The van der Waals surface area contributed by atoms with Crippen molar-refractivity contribution in [2.45, 2.75) is 24.5 Å². The lowest BCUT2D eigenvalue weighted by molar-refractivity contribution is -0.0355. The Kier molecular flexibility index (Phi) is 5.59. The fourth-order valence-corrected chi connectivity index (χ4v) is 3.89. The monoisotopic (exact) mass is 333 g/mol. The minimum atomic E-state index is -0.931. The summed E-state index contributed by atoms with van der Waals surface area (Å²) in [6, 6.07) is 9.68. The van der Waals surface area contributed by atoms with Gasteiger partial charge < -0.3 is 4.74 Å². The van der Waals surface area contributed by atoms with E-state index in [0.29, 0.717) is 5.75 Å². The Morgan fingerprint density at radius 3 is 2.91 bits per heavy atom. The number of hydrogen-bond acceptors (Lipinski definition) is 4. The highest BCUT2D eigenvalue weighted by molar-refractivity contribution is 7.85. The van der Waals surface area contributed by atoms with E-state index in [-0.39, 0.29) is 6.10 Å². The van der Waals surface area contributed by atoms with Crippen LogP contribution in [-0.4, -0.2) is 57.0 Å². The summed E-state index contributed by atoms with van der Waals surface area (Å²) in [5.41, 5.74) is 1.16. The zero-order valence-corrected chi connectivity index (χ0v) is 14.2. The molecule has 1 fully saturated rings. The van der Waals surface area contributed by atoms with Gasteiger partial charge in [-0.3, -0.25) is 13.8 Å². The molecule has 2 heterocycles. The molecule has 1 saturated heterocycles. The molecule has 5 nitrogen and oxygen atoms in total. The summed E-state index contributed by atoms with van der Waals surface area (Å²) in [6.07, 6.45) is 4.05. The first-order valence-electron chi connectivity index (χ1n) is 7.97. The highest BCUT2D eigenvalue weighted by Crippen LogP contribution is 2.10. The fourth-order valence-electron chi connectivity index (χ4n) is 2.77. The molecule has 0 unspecified atom stereocenters. The first-order valence-corrected chi connectivity index (χ1v) is 9.29. The number of aromatic nitrogens is 2. The number of benzene rings is 1.